The van der Waals surface area contributed by atoms with Crippen LogP contribution in [0.15, 0.2) is 79.0 Å². The number of nitrogens with one attached hydrogen (secondary N) is 1. The molecular formula is C23H21N3O2. The summed E-state index contributed by atoms with van der Waals surface area (Å²) in [5.74, 6) is 1.32. The van der Waals surface area contributed by atoms with Crippen LogP contribution in [0.2, 0.25) is 0 Å². The molecule has 0 aliphatic heterocycles. The zero-order valence-electron chi connectivity index (χ0n) is 15.6. The lowest BCUT2D eigenvalue weighted by Gasteiger charge is -2.09. The van der Waals surface area contributed by atoms with Crippen molar-refractivity contribution in [3.63, 3.8) is 0 Å². The zero-order valence-corrected chi connectivity index (χ0v) is 15.6. The molecule has 0 unspecified atom stereocenters. The van der Waals surface area contributed by atoms with Crippen molar-refractivity contribution in [1.29, 1.82) is 0 Å². The molecule has 5 heteroatoms. The van der Waals surface area contributed by atoms with Gasteiger partial charge in [-0.3, -0.25) is 9.20 Å². The Morgan fingerprint density at radius 3 is 2.43 bits per heavy atom. The topological polar surface area (TPSA) is 55.6 Å². The maximum Gasteiger partial charge on any atom is 0.274 e. The number of nitrogens with zero attached hydrogens (tertiary/aromatic N) is 2. The summed E-state index contributed by atoms with van der Waals surface area (Å²) in [6.45, 7) is 2.08. The fraction of sp³-hybridized carbons (Fsp3) is 0.130. The number of ether oxygens (including phenoxy) is 1. The summed E-state index contributed by atoms with van der Waals surface area (Å²) in [7, 11) is 0. The van der Waals surface area contributed by atoms with Gasteiger partial charge in [-0.1, -0.05) is 37.6 Å². The smallest absolute Gasteiger partial charge is 0.274 e. The maximum atomic E-state index is 13.0. The fourth-order valence-electron chi connectivity index (χ4n) is 3.12. The standard InChI is InChI=1S/C23H21N3O2/c1-2-8-20-22(26-16-7-6-11-21(26)25-20)23(27)24-17-12-14-19(15-13-17)28-18-9-4-3-5-10-18/h3-7,9-16H,2,8H2,1H3,(H,24,27). The van der Waals surface area contributed by atoms with Crippen molar-refractivity contribution in [2.24, 2.45) is 0 Å². The summed E-state index contributed by atoms with van der Waals surface area (Å²) in [6.07, 6.45) is 3.55. The summed E-state index contributed by atoms with van der Waals surface area (Å²) in [5, 5.41) is 2.97. The lowest BCUT2D eigenvalue weighted by Crippen LogP contribution is -2.16. The molecule has 0 aliphatic carbocycles. The van der Waals surface area contributed by atoms with E-state index in [1.54, 1.807) is 0 Å². The highest BCUT2D eigenvalue weighted by Gasteiger charge is 2.18. The Hall–Kier alpha value is -3.60. The molecule has 4 aromatic rings. The second kappa shape index (κ2) is 7.96. The number of fused-ring (bicyclic) bond motifs is 1. The fourth-order valence-corrected chi connectivity index (χ4v) is 3.12. The van der Waals surface area contributed by atoms with Gasteiger partial charge in [-0.05, 0) is 55.0 Å². The Bertz CT molecular complexity index is 1090. The van der Waals surface area contributed by atoms with Gasteiger partial charge in [0.15, 0.2) is 0 Å². The number of imidazole rings is 1. The van der Waals surface area contributed by atoms with Crippen LogP contribution in [0, 0.1) is 0 Å². The van der Waals surface area contributed by atoms with Crippen LogP contribution in [0.25, 0.3) is 5.65 Å². The molecule has 4 rings (SSSR count). The van der Waals surface area contributed by atoms with Gasteiger partial charge in [-0.15, -0.1) is 0 Å². The third kappa shape index (κ3) is 3.74. The molecule has 1 N–H and O–H groups in total. The molecule has 0 aliphatic rings. The van der Waals surface area contributed by atoms with E-state index in [1.165, 1.54) is 0 Å². The van der Waals surface area contributed by atoms with Crippen LogP contribution in [0.5, 0.6) is 11.5 Å². The number of anilines is 1. The summed E-state index contributed by atoms with van der Waals surface area (Å²) in [6, 6.07) is 22.7. The number of pyridine rings is 1. The zero-order chi connectivity index (χ0) is 19.3. The first kappa shape index (κ1) is 17.8. The number of amides is 1. The van der Waals surface area contributed by atoms with Crippen LogP contribution in [-0.4, -0.2) is 15.3 Å². The Balaban J connectivity index is 1.54. The minimum absolute atomic E-state index is 0.168. The third-order valence-electron chi connectivity index (χ3n) is 4.40. The predicted molar refractivity (Wildman–Crippen MR) is 110 cm³/mol. The summed E-state index contributed by atoms with van der Waals surface area (Å²) in [4.78, 5) is 17.6. The van der Waals surface area contributed by atoms with Gasteiger partial charge >= 0.3 is 0 Å². The number of benzene rings is 2. The number of aromatic nitrogens is 2. The molecule has 2 heterocycles. The number of rotatable bonds is 6. The highest BCUT2D eigenvalue weighted by atomic mass is 16.5. The van der Waals surface area contributed by atoms with E-state index in [9.17, 15) is 4.79 Å². The molecule has 0 atom stereocenters. The normalized spacial score (nSPS) is 10.8. The van der Waals surface area contributed by atoms with E-state index in [-0.39, 0.29) is 5.91 Å². The van der Waals surface area contributed by atoms with Gasteiger partial charge in [0.2, 0.25) is 0 Å². The van der Waals surface area contributed by atoms with E-state index in [1.807, 2.05) is 83.4 Å². The van der Waals surface area contributed by atoms with E-state index in [4.69, 9.17) is 4.74 Å². The van der Waals surface area contributed by atoms with Crippen LogP contribution < -0.4 is 10.1 Å². The molecule has 0 saturated carbocycles. The average molecular weight is 371 g/mol. The molecule has 0 saturated heterocycles. The Labute approximate surface area is 163 Å². The van der Waals surface area contributed by atoms with E-state index in [0.717, 1.165) is 29.9 Å². The number of carbonyl (C=O) groups is 1. The van der Waals surface area contributed by atoms with Crippen molar-refractivity contribution in [2.75, 3.05) is 5.32 Å². The Morgan fingerprint density at radius 2 is 1.68 bits per heavy atom. The van der Waals surface area contributed by atoms with Crippen molar-refractivity contribution in [1.82, 2.24) is 9.38 Å². The Morgan fingerprint density at radius 1 is 0.964 bits per heavy atom. The van der Waals surface area contributed by atoms with E-state index in [2.05, 4.69) is 17.2 Å². The monoisotopic (exact) mass is 371 g/mol. The van der Waals surface area contributed by atoms with Crippen molar-refractivity contribution in [3.8, 4) is 11.5 Å². The molecule has 0 spiro atoms. The Kier molecular flexibility index (Phi) is 5.06. The lowest BCUT2D eigenvalue weighted by atomic mass is 10.2. The molecule has 0 radical (unpaired) electrons. The number of para-hydroxylation sites is 1. The first-order valence-corrected chi connectivity index (χ1v) is 9.35. The third-order valence-corrected chi connectivity index (χ3v) is 4.40. The van der Waals surface area contributed by atoms with Gasteiger partial charge in [0.1, 0.15) is 22.8 Å². The van der Waals surface area contributed by atoms with Crippen molar-refractivity contribution >= 4 is 17.2 Å². The minimum atomic E-state index is -0.168. The number of hydrogen-bond donors (Lipinski definition) is 1. The van der Waals surface area contributed by atoms with Crippen LogP contribution in [0.1, 0.15) is 29.5 Å². The van der Waals surface area contributed by atoms with Crippen molar-refractivity contribution in [2.45, 2.75) is 19.8 Å². The quantitative estimate of drug-likeness (QED) is 0.498. The largest absolute Gasteiger partial charge is 0.457 e. The van der Waals surface area contributed by atoms with Gasteiger partial charge in [0.25, 0.3) is 5.91 Å². The summed E-state index contributed by atoms with van der Waals surface area (Å²) >= 11 is 0. The highest BCUT2D eigenvalue weighted by Crippen LogP contribution is 2.23. The number of hydrogen-bond acceptors (Lipinski definition) is 3. The minimum Gasteiger partial charge on any atom is -0.457 e. The second-order valence-electron chi connectivity index (χ2n) is 6.48. The van der Waals surface area contributed by atoms with Gasteiger partial charge in [0.05, 0.1) is 5.69 Å². The molecule has 2 aromatic carbocycles. The van der Waals surface area contributed by atoms with E-state index >= 15 is 0 Å². The second-order valence-corrected chi connectivity index (χ2v) is 6.48. The predicted octanol–water partition coefficient (Wildman–Crippen LogP) is 5.33. The van der Waals surface area contributed by atoms with Gasteiger partial charge < -0.3 is 10.1 Å². The molecular weight excluding hydrogens is 350 g/mol. The average Bonchev–Trinajstić information content (AvgIpc) is 3.09. The lowest BCUT2D eigenvalue weighted by molar-refractivity contribution is 0.102. The number of aryl methyl sites for hydroxylation is 1. The van der Waals surface area contributed by atoms with Crippen molar-refractivity contribution in [3.05, 3.63) is 90.4 Å². The SMILES string of the molecule is CCCc1nc2ccccn2c1C(=O)Nc1ccc(Oc2ccccc2)cc1. The van der Waals surface area contributed by atoms with E-state index < -0.39 is 0 Å². The van der Waals surface area contributed by atoms with Crippen LogP contribution in [-0.2, 0) is 6.42 Å². The maximum absolute atomic E-state index is 13.0. The highest BCUT2D eigenvalue weighted by molar-refractivity contribution is 6.04. The summed E-state index contributed by atoms with van der Waals surface area (Å²) in [5.41, 5.74) is 2.89. The molecule has 0 bridgehead atoms. The summed E-state index contributed by atoms with van der Waals surface area (Å²) < 4.78 is 7.63. The molecule has 28 heavy (non-hydrogen) atoms. The first-order chi connectivity index (χ1) is 13.7. The van der Waals surface area contributed by atoms with E-state index in [0.29, 0.717) is 17.1 Å². The van der Waals surface area contributed by atoms with Crippen LogP contribution in [0.3, 0.4) is 0 Å². The molecule has 5 nitrogen and oxygen atoms in total. The van der Waals surface area contributed by atoms with Crippen molar-refractivity contribution < 1.29 is 9.53 Å². The molecule has 140 valence electrons. The molecule has 2 aromatic heterocycles. The van der Waals surface area contributed by atoms with Gasteiger partial charge in [-0.25, -0.2) is 4.98 Å². The number of carbonyl (C=O) groups excluding carboxylic acids is 1. The molecule has 1 amide bonds. The first-order valence-electron chi connectivity index (χ1n) is 9.35. The molecule has 0 fully saturated rings. The van der Waals surface area contributed by atoms with Crippen LogP contribution >= 0.6 is 0 Å². The van der Waals surface area contributed by atoms with Gasteiger partial charge in [-0.2, -0.15) is 0 Å². The van der Waals surface area contributed by atoms with Crippen LogP contribution in [0.4, 0.5) is 5.69 Å². The van der Waals surface area contributed by atoms with Gasteiger partial charge in [0, 0.05) is 11.9 Å².